The third kappa shape index (κ3) is 4.68. The maximum absolute atomic E-state index is 13.3. The molecule has 12 heteroatoms. The average molecular weight is 556 g/mol. The highest BCUT2D eigenvalue weighted by Gasteiger charge is 2.30. The van der Waals surface area contributed by atoms with Gasteiger partial charge in [-0.05, 0) is 43.5 Å². The number of benzene rings is 1. The lowest BCUT2D eigenvalue weighted by molar-refractivity contribution is 0.0434. The number of piperazine rings is 1. The predicted molar refractivity (Wildman–Crippen MR) is 151 cm³/mol. The SMILES string of the molecule is CC(O)(c1ccc(F)cc1)c1cnc(N2CCN(c3ncnc4[nH]c(-c5cnn(C6CC(O)C6)c5)cc34)CC2)nc1. The number of anilines is 2. The maximum atomic E-state index is 13.3. The minimum absolute atomic E-state index is 0.228. The molecule has 0 spiro atoms. The lowest BCUT2D eigenvalue weighted by Crippen LogP contribution is -2.47. The fraction of sp³-hybridized carbons (Fsp3) is 0.345. The zero-order valence-electron chi connectivity index (χ0n) is 22.5. The standard InChI is InChI=1S/C29H30FN9O2/c1-29(41,19-2-4-21(30)5-3-19)20-14-31-28(32-15-20)38-8-6-37(7-9-38)27-24-12-25(36-26(24)33-17-34-27)18-13-35-39(16-18)22-10-23(40)11-22/h2-5,12-17,22-23,40-41H,6-11H2,1H3,(H,33,34,36). The van der Waals surface area contributed by atoms with Crippen LogP contribution in [0, 0.1) is 5.82 Å². The topological polar surface area (TPSA) is 132 Å². The summed E-state index contributed by atoms with van der Waals surface area (Å²) < 4.78 is 15.3. The lowest BCUT2D eigenvalue weighted by atomic mass is 9.90. The smallest absolute Gasteiger partial charge is 0.225 e. The number of nitrogens with one attached hydrogen (secondary N) is 1. The summed E-state index contributed by atoms with van der Waals surface area (Å²) in [7, 11) is 0. The Morgan fingerprint density at radius 3 is 2.34 bits per heavy atom. The Morgan fingerprint density at radius 2 is 1.63 bits per heavy atom. The molecule has 5 aromatic rings. The van der Waals surface area contributed by atoms with E-state index in [1.807, 2.05) is 17.1 Å². The van der Waals surface area contributed by atoms with Crippen LogP contribution in [0.15, 0.2) is 61.4 Å². The summed E-state index contributed by atoms with van der Waals surface area (Å²) in [6.45, 7) is 4.52. The van der Waals surface area contributed by atoms with E-state index < -0.39 is 5.60 Å². The monoisotopic (exact) mass is 555 g/mol. The molecular formula is C29H30FN9O2. The fourth-order valence-corrected chi connectivity index (χ4v) is 5.58. The Labute approximate surface area is 235 Å². The highest BCUT2D eigenvalue weighted by molar-refractivity contribution is 5.91. The highest BCUT2D eigenvalue weighted by Crippen LogP contribution is 2.34. The van der Waals surface area contributed by atoms with Crippen molar-refractivity contribution >= 4 is 22.8 Å². The Kier molecular flexibility index (Phi) is 6.16. The molecule has 1 aromatic carbocycles. The van der Waals surface area contributed by atoms with Crippen molar-refractivity contribution in [2.45, 2.75) is 37.5 Å². The van der Waals surface area contributed by atoms with Gasteiger partial charge >= 0.3 is 0 Å². The van der Waals surface area contributed by atoms with Gasteiger partial charge in [0.25, 0.3) is 0 Å². The van der Waals surface area contributed by atoms with Gasteiger partial charge in [0.15, 0.2) is 0 Å². The summed E-state index contributed by atoms with van der Waals surface area (Å²) in [5.41, 5.74) is 2.44. The summed E-state index contributed by atoms with van der Waals surface area (Å²) in [6, 6.07) is 8.10. The van der Waals surface area contributed by atoms with Crippen molar-refractivity contribution in [2.24, 2.45) is 0 Å². The van der Waals surface area contributed by atoms with Gasteiger partial charge < -0.3 is 25.0 Å². The molecule has 4 aromatic heterocycles. The van der Waals surface area contributed by atoms with Crippen LogP contribution >= 0.6 is 0 Å². The van der Waals surface area contributed by atoms with Crippen molar-refractivity contribution in [1.82, 2.24) is 34.7 Å². The van der Waals surface area contributed by atoms with Crippen LogP contribution in [0.3, 0.4) is 0 Å². The third-order valence-corrected chi connectivity index (χ3v) is 8.25. The van der Waals surface area contributed by atoms with E-state index in [1.54, 1.807) is 37.8 Å². The van der Waals surface area contributed by atoms with Gasteiger partial charge in [0.2, 0.25) is 5.95 Å². The summed E-state index contributed by atoms with van der Waals surface area (Å²) in [6.07, 6.45) is 9.93. The van der Waals surface area contributed by atoms with Crippen molar-refractivity contribution < 1.29 is 14.6 Å². The van der Waals surface area contributed by atoms with Gasteiger partial charge in [0.05, 0.1) is 29.4 Å². The average Bonchev–Trinajstić information content (AvgIpc) is 3.63. The molecule has 2 fully saturated rings. The van der Waals surface area contributed by atoms with Crippen LogP contribution in [-0.4, -0.2) is 77.2 Å². The summed E-state index contributed by atoms with van der Waals surface area (Å²) >= 11 is 0. The molecule has 0 amide bonds. The first kappa shape index (κ1) is 25.5. The molecule has 1 saturated heterocycles. The number of fused-ring (bicyclic) bond motifs is 1. The van der Waals surface area contributed by atoms with E-state index >= 15 is 0 Å². The number of hydrogen-bond acceptors (Lipinski definition) is 9. The van der Waals surface area contributed by atoms with Crippen LogP contribution in [0.5, 0.6) is 0 Å². The number of aliphatic hydroxyl groups excluding tert-OH is 1. The molecule has 7 rings (SSSR count). The molecule has 0 radical (unpaired) electrons. The minimum atomic E-state index is -1.34. The van der Waals surface area contributed by atoms with Crippen LogP contribution in [0.2, 0.25) is 0 Å². The van der Waals surface area contributed by atoms with E-state index in [4.69, 9.17) is 0 Å². The number of H-pyrrole nitrogens is 1. The van der Waals surface area contributed by atoms with Gasteiger partial charge in [0, 0.05) is 55.9 Å². The van der Waals surface area contributed by atoms with E-state index in [0.717, 1.165) is 54.0 Å². The number of aromatic amines is 1. The number of hydrogen-bond donors (Lipinski definition) is 3. The molecule has 1 aliphatic heterocycles. The van der Waals surface area contributed by atoms with Crippen LogP contribution in [0.1, 0.15) is 36.9 Å². The molecule has 1 aliphatic carbocycles. The first-order chi connectivity index (χ1) is 19.8. The Hall–Kier alpha value is -4.42. The van der Waals surface area contributed by atoms with Crippen molar-refractivity contribution in [3.8, 4) is 11.3 Å². The second-order valence-corrected chi connectivity index (χ2v) is 11.0. The molecule has 2 aliphatic rings. The van der Waals surface area contributed by atoms with E-state index in [1.165, 1.54) is 12.1 Å². The fourth-order valence-electron chi connectivity index (χ4n) is 5.58. The molecular weight excluding hydrogens is 525 g/mol. The summed E-state index contributed by atoms with van der Waals surface area (Å²) in [5.74, 6) is 1.11. The van der Waals surface area contributed by atoms with Crippen molar-refractivity contribution in [2.75, 3.05) is 36.0 Å². The number of halogens is 1. The van der Waals surface area contributed by atoms with Crippen LogP contribution in [-0.2, 0) is 5.60 Å². The molecule has 210 valence electrons. The first-order valence-electron chi connectivity index (χ1n) is 13.7. The van der Waals surface area contributed by atoms with E-state index in [2.05, 4.69) is 45.9 Å². The predicted octanol–water partition coefficient (Wildman–Crippen LogP) is 3.03. The summed E-state index contributed by atoms with van der Waals surface area (Å²) in [4.78, 5) is 25.9. The van der Waals surface area contributed by atoms with Crippen molar-refractivity contribution in [3.05, 3.63) is 78.4 Å². The number of aliphatic hydroxyl groups is 2. The largest absolute Gasteiger partial charge is 0.393 e. The molecule has 3 N–H and O–H groups in total. The number of aromatic nitrogens is 7. The van der Waals surface area contributed by atoms with E-state index in [-0.39, 0.29) is 18.0 Å². The Bertz CT molecular complexity index is 1670. The molecule has 1 atom stereocenters. The van der Waals surface area contributed by atoms with Gasteiger partial charge in [-0.3, -0.25) is 4.68 Å². The number of rotatable bonds is 6. The molecule has 5 heterocycles. The molecule has 1 saturated carbocycles. The maximum Gasteiger partial charge on any atom is 0.225 e. The normalized spacial score (nSPS) is 20.7. The quantitative estimate of drug-likeness (QED) is 0.289. The van der Waals surface area contributed by atoms with Gasteiger partial charge in [0.1, 0.15) is 29.2 Å². The molecule has 0 bridgehead atoms. The second-order valence-electron chi connectivity index (χ2n) is 11.0. The van der Waals surface area contributed by atoms with Crippen LogP contribution in [0.25, 0.3) is 22.3 Å². The highest BCUT2D eigenvalue weighted by atomic mass is 19.1. The summed E-state index contributed by atoms with van der Waals surface area (Å²) in [5, 5.41) is 26.1. The molecule has 1 unspecified atom stereocenters. The van der Waals surface area contributed by atoms with Gasteiger partial charge in [-0.25, -0.2) is 24.3 Å². The van der Waals surface area contributed by atoms with Crippen molar-refractivity contribution in [1.29, 1.82) is 0 Å². The minimum Gasteiger partial charge on any atom is -0.393 e. The van der Waals surface area contributed by atoms with E-state index in [9.17, 15) is 14.6 Å². The molecule has 11 nitrogen and oxygen atoms in total. The number of nitrogens with zero attached hydrogens (tertiary/aromatic N) is 8. The zero-order chi connectivity index (χ0) is 28.1. The Balaban J connectivity index is 1.04. The van der Waals surface area contributed by atoms with Crippen LogP contribution < -0.4 is 9.80 Å². The van der Waals surface area contributed by atoms with Crippen LogP contribution in [0.4, 0.5) is 16.2 Å². The Morgan fingerprint density at radius 1 is 0.927 bits per heavy atom. The third-order valence-electron chi connectivity index (χ3n) is 8.25. The van der Waals surface area contributed by atoms with Gasteiger partial charge in [-0.15, -0.1) is 0 Å². The van der Waals surface area contributed by atoms with Gasteiger partial charge in [-0.2, -0.15) is 5.10 Å². The lowest BCUT2D eigenvalue weighted by Gasteiger charge is -2.35. The van der Waals surface area contributed by atoms with Crippen molar-refractivity contribution in [3.63, 3.8) is 0 Å². The van der Waals surface area contributed by atoms with E-state index in [0.29, 0.717) is 30.2 Å². The zero-order valence-corrected chi connectivity index (χ0v) is 22.5. The first-order valence-corrected chi connectivity index (χ1v) is 13.7. The molecule has 41 heavy (non-hydrogen) atoms. The second kappa shape index (κ2) is 9.89. The van der Waals surface area contributed by atoms with Gasteiger partial charge in [-0.1, -0.05) is 12.1 Å².